The lowest BCUT2D eigenvalue weighted by atomic mass is 9.99. The van der Waals surface area contributed by atoms with E-state index < -0.39 is 0 Å². The highest BCUT2D eigenvalue weighted by Gasteiger charge is 2.33. The molecule has 1 saturated heterocycles. The van der Waals surface area contributed by atoms with Crippen molar-refractivity contribution >= 4 is 5.91 Å². The molecule has 1 aromatic rings. The highest BCUT2D eigenvalue weighted by molar-refractivity contribution is 5.82. The van der Waals surface area contributed by atoms with E-state index in [2.05, 4.69) is 42.9 Å². The van der Waals surface area contributed by atoms with Crippen LogP contribution in [0.15, 0.2) is 24.5 Å². The van der Waals surface area contributed by atoms with Crippen LogP contribution < -0.4 is 5.32 Å². The average molecular weight is 305 g/mol. The Morgan fingerprint density at radius 3 is 2.64 bits per heavy atom. The summed E-state index contributed by atoms with van der Waals surface area (Å²) in [4.78, 5) is 19.0. The summed E-state index contributed by atoms with van der Waals surface area (Å²) in [6.07, 6.45) is 3.84. The summed E-state index contributed by atoms with van der Waals surface area (Å²) in [5.41, 5.74) is 1.02. The molecule has 22 heavy (non-hydrogen) atoms. The van der Waals surface area contributed by atoms with Gasteiger partial charge in [0.05, 0.1) is 18.2 Å². The van der Waals surface area contributed by atoms with Crippen LogP contribution in [0.5, 0.6) is 0 Å². The summed E-state index contributed by atoms with van der Waals surface area (Å²) in [5, 5.41) is 3.05. The van der Waals surface area contributed by atoms with Crippen LogP contribution in [0.3, 0.4) is 0 Å². The zero-order chi connectivity index (χ0) is 16.1. The summed E-state index contributed by atoms with van der Waals surface area (Å²) < 4.78 is 5.77. The molecule has 3 atom stereocenters. The minimum atomic E-state index is -0.120. The van der Waals surface area contributed by atoms with Crippen LogP contribution in [0.25, 0.3) is 0 Å². The molecule has 1 aromatic heterocycles. The number of hydrogen-bond acceptors (Lipinski definition) is 4. The molecular weight excluding hydrogens is 278 g/mol. The maximum absolute atomic E-state index is 12.7. The number of morpholine rings is 1. The number of aromatic nitrogens is 1. The Morgan fingerprint density at radius 2 is 2.09 bits per heavy atom. The number of ether oxygens (including phenoxy) is 1. The van der Waals surface area contributed by atoms with Crippen molar-refractivity contribution in [2.45, 2.75) is 52.5 Å². The topological polar surface area (TPSA) is 54.5 Å². The average Bonchev–Trinajstić information content (AvgIpc) is 2.45. The van der Waals surface area contributed by atoms with Gasteiger partial charge in [-0.15, -0.1) is 0 Å². The van der Waals surface area contributed by atoms with E-state index in [1.807, 2.05) is 12.1 Å². The van der Waals surface area contributed by atoms with Gasteiger partial charge in [-0.2, -0.15) is 0 Å². The molecular formula is C17H27N3O2. The number of pyridine rings is 1. The first kappa shape index (κ1) is 16.9. The Balaban J connectivity index is 1.99. The van der Waals surface area contributed by atoms with Crippen LogP contribution in [0, 0.1) is 5.92 Å². The second-order valence-corrected chi connectivity index (χ2v) is 6.48. The maximum Gasteiger partial charge on any atom is 0.237 e. The molecule has 2 heterocycles. The lowest BCUT2D eigenvalue weighted by Gasteiger charge is -2.41. The second kappa shape index (κ2) is 7.70. The Bertz CT molecular complexity index is 468. The summed E-state index contributed by atoms with van der Waals surface area (Å²) in [6.45, 7) is 10.4. The quantitative estimate of drug-likeness (QED) is 0.902. The first-order valence-electron chi connectivity index (χ1n) is 8.03. The Kier molecular flexibility index (Phi) is 5.91. The van der Waals surface area contributed by atoms with Gasteiger partial charge in [-0.05, 0) is 31.4 Å². The van der Waals surface area contributed by atoms with Crippen molar-refractivity contribution in [3.63, 3.8) is 0 Å². The monoisotopic (exact) mass is 305 g/mol. The third-order valence-electron chi connectivity index (χ3n) is 3.93. The smallest absolute Gasteiger partial charge is 0.237 e. The van der Waals surface area contributed by atoms with Crippen molar-refractivity contribution < 1.29 is 9.53 Å². The van der Waals surface area contributed by atoms with Gasteiger partial charge in [0.1, 0.15) is 0 Å². The molecule has 1 aliphatic rings. The molecule has 2 rings (SSSR count). The molecule has 0 saturated carbocycles. The molecule has 5 nitrogen and oxygen atoms in total. The van der Waals surface area contributed by atoms with Crippen LogP contribution in [-0.2, 0) is 16.1 Å². The van der Waals surface area contributed by atoms with E-state index in [0.717, 1.165) is 18.7 Å². The molecule has 1 fully saturated rings. The molecule has 0 bridgehead atoms. The number of carbonyl (C=O) groups is 1. The van der Waals surface area contributed by atoms with Gasteiger partial charge in [0.25, 0.3) is 0 Å². The van der Waals surface area contributed by atoms with E-state index in [9.17, 15) is 4.79 Å². The zero-order valence-electron chi connectivity index (χ0n) is 14.0. The summed E-state index contributed by atoms with van der Waals surface area (Å²) >= 11 is 0. The van der Waals surface area contributed by atoms with Crippen LogP contribution in [0.1, 0.15) is 33.3 Å². The van der Waals surface area contributed by atoms with Gasteiger partial charge in [-0.1, -0.05) is 19.9 Å². The van der Waals surface area contributed by atoms with Gasteiger partial charge in [0.2, 0.25) is 5.91 Å². The van der Waals surface area contributed by atoms with Gasteiger partial charge in [-0.3, -0.25) is 14.7 Å². The van der Waals surface area contributed by atoms with Gasteiger partial charge in [-0.25, -0.2) is 0 Å². The SMILES string of the molecule is CC1CN(C(C(=O)NCc2cccnc2)C(C)C)CC(C)O1. The number of carbonyl (C=O) groups excluding carboxylic acids is 1. The molecule has 0 aliphatic carbocycles. The zero-order valence-corrected chi connectivity index (χ0v) is 14.0. The van der Waals surface area contributed by atoms with Crippen LogP contribution in [0.2, 0.25) is 0 Å². The first-order chi connectivity index (χ1) is 10.5. The van der Waals surface area contributed by atoms with Crippen molar-refractivity contribution in [3.05, 3.63) is 30.1 Å². The maximum atomic E-state index is 12.7. The molecule has 3 unspecified atom stereocenters. The van der Waals surface area contributed by atoms with Crippen LogP contribution in [-0.4, -0.2) is 47.1 Å². The van der Waals surface area contributed by atoms with Gasteiger partial charge in [0.15, 0.2) is 0 Å². The standard InChI is InChI=1S/C17H27N3O2/c1-12(2)16(20-10-13(3)22-14(4)11-20)17(21)19-9-15-6-5-7-18-8-15/h5-8,12-14,16H,9-11H2,1-4H3,(H,19,21). The van der Waals surface area contributed by atoms with E-state index in [-0.39, 0.29) is 30.1 Å². The molecule has 1 amide bonds. The van der Waals surface area contributed by atoms with Gasteiger partial charge in [0, 0.05) is 32.0 Å². The fourth-order valence-corrected chi connectivity index (χ4v) is 3.13. The highest BCUT2D eigenvalue weighted by atomic mass is 16.5. The number of amides is 1. The summed E-state index contributed by atoms with van der Waals surface area (Å²) in [7, 11) is 0. The van der Waals surface area contributed by atoms with Crippen molar-refractivity contribution in [3.8, 4) is 0 Å². The van der Waals surface area contributed by atoms with Gasteiger partial charge < -0.3 is 10.1 Å². The lowest BCUT2D eigenvalue weighted by molar-refractivity contribution is -0.135. The van der Waals surface area contributed by atoms with Crippen molar-refractivity contribution in [1.82, 2.24) is 15.2 Å². The van der Waals surface area contributed by atoms with Crippen LogP contribution >= 0.6 is 0 Å². The molecule has 1 N–H and O–H groups in total. The Labute approximate surface area is 133 Å². The highest BCUT2D eigenvalue weighted by Crippen LogP contribution is 2.18. The minimum Gasteiger partial charge on any atom is -0.373 e. The summed E-state index contributed by atoms with van der Waals surface area (Å²) in [6, 6.07) is 3.73. The molecule has 122 valence electrons. The third kappa shape index (κ3) is 4.52. The number of hydrogen-bond donors (Lipinski definition) is 1. The fraction of sp³-hybridized carbons (Fsp3) is 0.647. The second-order valence-electron chi connectivity index (χ2n) is 6.48. The van der Waals surface area contributed by atoms with Crippen molar-refractivity contribution in [2.24, 2.45) is 5.92 Å². The number of nitrogens with zero attached hydrogens (tertiary/aromatic N) is 2. The van der Waals surface area contributed by atoms with Crippen molar-refractivity contribution in [2.75, 3.05) is 13.1 Å². The normalized spacial score (nSPS) is 24.2. The van der Waals surface area contributed by atoms with Crippen molar-refractivity contribution in [1.29, 1.82) is 0 Å². The third-order valence-corrected chi connectivity index (χ3v) is 3.93. The predicted molar refractivity (Wildman–Crippen MR) is 86.3 cm³/mol. The van der Waals surface area contributed by atoms with E-state index >= 15 is 0 Å². The largest absolute Gasteiger partial charge is 0.373 e. The molecule has 0 spiro atoms. The van der Waals surface area contributed by atoms with E-state index in [0.29, 0.717) is 6.54 Å². The summed E-state index contributed by atoms with van der Waals surface area (Å²) in [5.74, 6) is 0.339. The molecule has 0 aromatic carbocycles. The molecule has 5 heteroatoms. The minimum absolute atomic E-state index is 0.0835. The Morgan fingerprint density at radius 1 is 1.41 bits per heavy atom. The molecule has 1 aliphatic heterocycles. The van der Waals surface area contributed by atoms with Crippen LogP contribution in [0.4, 0.5) is 0 Å². The molecule has 0 radical (unpaired) electrons. The lowest BCUT2D eigenvalue weighted by Crippen LogP contribution is -2.56. The van der Waals surface area contributed by atoms with E-state index in [1.54, 1.807) is 12.4 Å². The number of nitrogens with one attached hydrogen (secondary N) is 1. The van der Waals surface area contributed by atoms with E-state index in [1.165, 1.54) is 0 Å². The van der Waals surface area contributed by atoms with Gasteiger partial charge >= 0.3 is 0 Å². The van der Waals surface area contributed by atoms with E-state index in [4.69, 9.17) is 4.74 Å². The fourth-order valence-electron chi connectivity index (χ4n) is 3.13. The Hall–Kier alpha value is -1.46. The number of rotatable bonds is 5. The first-order valence-corrected chi connectivity index (χ1v) is 8.03. The predicted octanol–water partition coefficient (Wildman–Crippen LogP) is 1.83.